The molecule has 0 spiro atoms. The van der Waals surface area contributed by atoms with Gasteiger partial charge in [0, 0.05) is 13.0 Å². The monoisotopic (exact) mass is 552 g/mol. The summed E-state index contributed by atoms with van der Waals surface area (Å²) in [5.41, 5.74) is 22.3. The van der Waals surface area contributed by atoms with Crippen molar-refractivity contribution in [2.45, 2.75) is 62.7 Å². The number of aliphatic hydroxyl groups is 1. The summed E-state index contributed by atoms with van der Waals surface area (Å²) in [7, 11) is 0. The summed E-state index contributed by atoms with van der Waals surface area (Å²) in [6.45, 7) is -0.109. The van der Waals surface area contributed by atoms with E-state index in [-0.39, 0.29) is 43.9 Å². The number of nitrogens with one attached hydrogen (secondary N) is 3. The summed E-state index contributed by atoms with van der Waals surface area (Å²) < 4.78 is 0. The highest BCUT2D eigenvalue weighted by molar-refractivity contribution is 5.94. The third-order valence-corrected chi connectivity index (χ3v) is 5.68. The number of nitrogens with two attached hydrogens (primary N) is 4. The molecular weight excluding hydrogens is 512 g/mol. The third-order valence-electron chi connectivity index (χ3n) is 5.68. The van der Waals surface area contributed by atoms with Gasteiger partial charge in [-0.25, -0.2) is 4.79 Å². The number of nitrogens with zero attached hydrogens (tertiary/aromatic N) is 1. The molecule has 0 aliphatic carbocycles. The van der Waals surface area contributed by atoms with Crippen LogP contribution in [0.2, 0.25) is 0 Å². The SMILES string of the molecule is NCCCCC(NC(=O)C(N)CO)C(=O)NC(CCCN=C(N)N)C(=O)NC(Cc1ccc(O)cc1)C(=O)O. The molecule has 39 heavy (non-hydrogen) atoms. The van der Waals surface area contributed by atoms with Crippen molar-refractivity contribution in [3.05, 3.63) is 29.8 Å². The Morgan fingerprint density at radius 2 is 1.38 bits per heavy atom. The van der Waals surface area contributed by atoms with Crippen LogP contribution in [-0.2, 0) is 25.6 Å². The minimum Gasteiger partial charge on any atom is -0.508 e. The predicted molar refractivity (Wildman–Crippen MR) is 143 cm³/mol. The van der Waals surface area contributed by atoms with E-state index in [9.17, 15) is 29.4 Å². The molecule has 0 aromatic heterocycles. The Labute approximate surface area is 226 Å². The van der Waals surface area contributed by atoms with Gasteiger partial charge in [-0.2, -0.15) is 0 Å². The molecule has 3 amide bonds. The standard InChI is InChI=1S/C24H40N8O7/c25-10-2-1-4-17(30-20(35)16(26)13-33)21(36)31-18(5-3-11-29-24(27)28)22(37)32-19(23(38)39)12-14-6-8-15(34)9-7-14/h6-9,16-19,33-34H,1-5,10-13,25-26H2,(H,30,35)(H,31,36)(H,32,37)(H,38,39)(H4,27,28,29). The summed E-state index contributed by atoms with van der Waals surface area (Å²) in [5.74, 6) is -3.66. The van der Waals surface area contributed by atoms with Gasteiger partial charge in [0.15, 0.2) is 5.96 Å². The van der Waals surface area contributed by atoms with Crippen molar-refractivity contribution >= 4 is 29.7 Å². The number of aliphatic carboxylic acids is 1. The molecule has 15 nitrogen and oxygen atoms in total. The first kappa shape index (κ1) is 33.1. The van der Waals surface area contributed by atoms with Crippen LogP contribution in [0.1, 0.15) is 37.7 Å². The number of rotatable bonds is 18. The van der Waals surface area contributed by atoms with Crippen LogP contribution in [0.5, 0.6) is 5.75 Å². The van der Waals surface area contributed by atoms with Gasteiger partial charge in [0.1, 0.15) is 29.9 Å². The summed E-state index contributed by atoms with van der Waals surface area (Å²) in [6.07, 6.45) is 1.50. The first-order chi connectivity index (χ1) is 18.5. The fourth-order valence-corrected chi connectivity index (χ4v) is 3.51. The van der Waals surface area contributed by atoms with Crippen molar-refractivity contribution in [3.8, 4) is 5.75 Å². The van der Waals surface area contributed by atoms with Gasteiger partial charge in [0.05, 0.1) is 6.61 Å². The molecule has 0 aliphatic rings. The summed E-state index contributed by atoms with van der Waals surface area (Å²) in [4.78, 5) is 54.2. The normalized spacial score (nSPS) is 13.8. The Bertz CT molecular complexity index is 970. The molecule has 14 N–H and O–H groups in total. The maximum absolute atomic E-state index is 13.2. The Hall–Kier alpha value is -3.95. The number of aliphatic imine (C=N–C) groups is 1. The van der Waals surface area contributed by atoms with Crippen molar-refractivity contribution in [2.75, 3.05) is 19.7 Å². The Kier molecular flexibility index (Phi) is 14.9. The largest absolute Gasteiger partial charge is 0.508 e. The maximum atomic E-state index is 13.2. The van der Waals surface area contributed by atoms with Crippen LogP contribution in [0.3, 0.4) is 0 Å². The number of unbranched alkanes of at least 4 members (excludes halogenated alkanes) is 1. The molecule has 0 fully saturated rings. The second kappa shape index (κ2) is 17.5. The van der Waals surface area contributed by atoms with Gasteiger partial charge in [-0.1, -0.05) is 12.1 Å². The molecule has 15 heteroatoms. The van der Waals surface area contributed by atoms with E-state index in [1.807, 2.05) is 0 Å². The highest BCUT2D eigenvalue weighted by Crippen LogP contribution is 2.12. The lowest BCUT2D eigenvalue weighted by Gasteiger charge is -2.25. The van der Waals surface area contributed by atoms with E-state index in [4.69, 9.17) is 28.0 Å². The fraction of sp³-hybridized carbons (Fsp3) is 0.542. The number of carbonyl (C=O) groups is 4. The van der Waals surface area contributed by atoms with Crippen molar-refractivity contribution < 1.29 is 34.5 Å². The van der Waals surface area contributed by atoms with E-state index in [1.165, 1.54) is 24.3 Å². The van der Waals surface area contributed by atoms with Crippen LogP contribution in [-0.4, -0.2) is 88.8 Å². The maximum Gasteiger partial charge on any atom is 0.326 e. The van der Waals surface area contributed by atoms with Gasteiger partial charge in [-0.3, -0.25) is 19.4 Å². The zero-order valence-electron chi connectivity index (χ0n) is 21.7. The number of phenols is 1. The van der Waals surface area contributed by atoms with Crippen molar-refractivity contribution in [3.63, 3.8) is 0 Å². The molecule has 1 rings (SSSR count). The van der Waals surface area contributed by atoms with E-state index >= 15 is 0 Å². The van der Waals surface area contributed by atoms with Crippen LogP contribution in [0.25, 0.3) is 0 Å². The molecule has 1 aromatic carbocycles. The molecule has 0 saturated heterocycles. The topological polar surface area (TPSA) is 282 Å². The number of carboxylic acids is 1. The molecule has 1 aromatic rings. The first-order valence-corrected chi connectivity index (χ1v) is 12.5. The molecule has 0 radical (unpaired) electrons. The van der Waals surface area contributed by atoms with E-state index in [0.29, 0.717) is 24.9 Å². The number of carbonyl (C=O) groups excluding carboxylic acids is 3. The molecule has 0 bridgehead atoms. The van der Waals surface area contributed by atoms with Crippen molar-refractivity contribution in [2.24, 2.45) is 27.9 Å². The average Bonchev–Trinajstić information content (AvgIpc) is 2.89. The molecular formula is C24H40N8O7. The Morgan fingerprint density at radius 1 is 0.846 bits per heavy atom. The lowest BCUT2D eigenvalue weighted by molar-refractivity contribution is -0.142. The number of amides is 3. The second-order valence-electron chi connectivity index (χ2n) is 8.91. The van der Waals surface area contributed by atoms with Crippen LogP contribution in [0.4, 0.5) is 0 Å². The zero-order valence-corrected chi connectivity index (χ0v) is 21.7. The Balaban J connectivity index is 3.07. The van der Waals surface area contributed by atoms with Gasteiger partial charge in [-0.15, -0.1) is 0 Å². The summed E-state index contributed by atoms with van der Waals surface area (Å²) >= 11 is 0. The Morgan fingerprint density at radius 3 is 1.90 bits per heavy atom. The average molecular weight is 553 g/mol. The fourth-order valence-electron chi connectivity index (χ4n) is 3.51. The van der Waals surface area contributed by atoms with E-state index < -0.39 is 54.5 Å². The number of aliphatic hydroxyl groups excluding tert-OH is 1. The predicted octanol–water partition coefficient (Wildman–Crippen LogP) is -3.02. The molecule has 218 valence electrons. The number of carboxylic acid groups (broad SMARTS) is 1. The zero-order chi connectivity index (χ0) is 29.4. The lowest BCUT2D eigenvalue weighted by Crippen LogP contribution is -2.57. The molecule has 0 aliphatic heterocycles. The smallest absolute Gasteiger partial charge is 0.326 e. The van der Waals surface area contributed by atoms with Crippen LogP contribution in [0, 0.1) is 0 Å². The van der Waals surface area contributed by atoms with E-state index in [2.05, 4.69) is 20.9 Å². The first-order valence-electron chi connectivity index (χ1n) is 12.5. The van der Waals surface area contributed by atoms with Gasteiger partial charge in [-0.05, 0) is 56.3 Å². The highest BCUT2D eigenvalue weighted by Gasteiger charge is 2.30. The molecule has 4 unspecified atom stereocenters. The lowest BCUT2D eigenvalue weighted by atomic mass is 10.0. The second-order valence-corrected chi connectivity index (χ2v) is 8.91. The third kappa shape index (κ3) is 12.9. The van der Waals surface area contributed by atoms with Gasteiger partial charge < -0.3 is 54.2 Å². The van der Waals surface area contributed by atoms with E-state index in [1.54, 1.807) is 0 Å². The number of aromatic hydroxyl groups is 1. The van der Waals surface area contributed by atoms with Crippen molar-refractivity contribution in [1.29, 1.82) is 0 Å². The minimum absolute atomic E-state index is 0.00580. The summed E-state index contributed by atoms with van der Waals surface area (Å²) in [6, 6.07) is 0.992. The van der Waals surface area contributed by atoms with Crippen LogP contribution < -0.4 is 38.9 Å². The minimum atomic E-state index is -1.33. The van der Waals surface area contributed by atoms with Gasteiger partial charge in [0.2, 0.25) is 17.7 Å². The van der Waals surface area contributed by atoms with Gasteiger partial charge >= 0.3 is 5.97 Å². The van der Waals surface area contributed by atoms with Gasteiger partial charge in [0.25, 0.3) is 0 Å². The number of guanidine groups is 1. The highest BCUT2D eigenvalue weighted by atomic mass is 16.4. The molecule has 0 heterocycles. The number of hydrogen-bond acceptors (Lipinski definition) is 9. The van der Waals surface area contributed by atoms with Crippen molar-refractivity contribution in [1.82, 2.24) is 16.0 Å². The number of benzene rings is 1. The van der Waals surface area contributed by atoms with Crippen LogP contribution in [0.15, 0.2) is 29.3 Å². The summed E-state index contributed by atoms with van der Waals surface area (Å²) in [5, 5.41) is 35.8. The molecule has 0 saturated carbocycles. The quantitative estimate of drug-likeness (QED) is 0.0496. The van der Waals surface area contributed by atoms with Crippen LogP contribution >= 0.6 is 0 Å². The number of phenolic OH excluding ortho intramolecular Hbond substituents is 1. The molecule has 4 atom stereocenters. The van der Waals surface area contributed by atoms with E-state index in [0.717, 1.165) is 0 Å². The number of hydrogen-bond donors (Lipinski definition) is 10.